The highest BCUT2D eigenvalue weighted by atomic mass is 32.3. The van der Waals surface area contributed by atoms with E-state index >= 15 is 0 Å². The SMILES string of the molecule is CCOc1ccc(S2(OS(=O)(=O)C(F)(F)C(F)(F)C(F)(F)C(F)(F)C(F)(F)C(F)(F)C(F)(F)C(F)(F)F)CCCC2)c2ccccc12. The topological polar surface area (TPSA) is 52.6 Å². The fourth-order valence-electron chi connectivity index (χ4n) is 4.47. The Balaban J connectivity index is 2.16. The third kappa shape index (κ3) is 5.45. The van der Waals surface area contributed by atoms with Gasteiger partial charge in [0.2, 0.25) is 0 Å². The van der Waals surface area contributed by atoms with Crippen molar-refractivity contribution in [3.05, 3.63) is 36.4 Å². The van der Waals surface area contributed by atoms with Crippen molar-refractivity contribution in [3.8, 4) is 5.75 Å². The lowest BCUT2D eigenvalue weighted by atomic mass is 9.91. The molecule has 0 saturated carbocycles. The molecule has 1 heterocycles. The zero-order chi connectivity index (χ0) is 36.5. The van der Waals surface area contributed by atoms with Crippen LogP contribution < -0.4 is 4.74 Å². The summed E-state index contributed by atoms with van der Waals surface area (Å²) in [5.41, 5.74) is 0. The van der Waals surface area contributed by atoms with Crippen molar-refractivity contribution in [3.63, 3.8) is 0 Å². The number of ether oxygens (including phenoxy) is 1. The van der Waals surface area contributed by atoms with E-state index in [9.17, 15) is 83.1 Å². The van der Waals surface area contributed by atoms with Crippen LogP contribution in [-0.4, -0.2) is 73.5 Å². The molecule has 23 heteroatoms. The van der Waals surface area contributed by atoms with Gasteiger partial charge in [0.05, 0.1) is 6.61 Å². The lowest BCUT2D eigenvalue weighted by Crippen LogP contribution is -2.75. The monoisotopic (exact) mass is 758 g/mol. The summed E-state index contributed by atoms with van der Waals surface area (Å²) in [4.78, 5) is -0.297. The maximum Gasteiger partial charge on any atom is 0.460 e. The molecule has 0 amide bonds. The lowest BCUT2D eigenvalue weighted by molar-refractivity contribution is -0.458. The van der Waals surface area contributed by atoms with Gasteiger partial charge in [-0.2, -0.15) is 83.1 Å². The minimum atomic E-state index is -8.91. The second kappa shape index (κ2) is 11.6. The van der Waals surface area contributed by atoms with Crippen LogP contribution in [-0.2, 0) is 13.7 Å². The summed E-state index contributed by atoms with van der Waals surface area (Å²) >= 11 is 0. The quantitative estimate of drug-likeness (QED) is 0.203. The molecule has 0 radical (unpaired) electrons. The van der Waals surface area contributed by atoms with Gasteiger partial charge < -0.3 is 4.74 Å². The predicted molar refractivity (Wildman–Crippen MR) is 131 cm³/mol. The maximum absolute atomic E-state index is 14.9. The van der Waals surface area contributed by atoms with Gasteiger partial charge in [-0.3, -0.25) is 0 Å². The van der Waals surface area contributed by atoms with Crippen LogP contribution in [0.2, 0.25) is 0 Å². The smallest absolute Gasteiger partial charge is 0.460 e. The molecule has 0 atom stereocenters. The lowest BCUT2D eigenvalue weighted by Gasteiger charge is -2.43. The van der Waals surface area contributed by atoms with Crippen molar-refractivity contribution in [2.45, 2.75) is 71.6 Å². The van der Waals surface area contributed by atoms with E-state index in [1.165, 1.54) is 24.3 Å². The first-order valence-electron chi connectivity index (χ1n) is 12.6. The molecule has 1 aliphatic rings. The molecule has 1 fully saturated rings. The van der Waals surface area contributed by atoms with Gasteiger partial charge in [-0.15, -0.1) is 0 Å². The Kier molecular flexibility index (Phi) is 9.61. The molecular formula is C24H19F17O4S2. The van der Waals surface area contributed by atoms with Crippen LogP contribution in [0.5, 0.6) is 5.75 Å². The number of hydrogen-bond donors (Lipinski definition) is 0. The van der Waals surface area contributed by atoms with Crippen LogP contribution in [0.15, 0.2) is 41.3 Å². The Hall–Kier alpha value is -2.43. The number of hydrogen-bond acceptors (Lipinski definition) is 4. The minimum Gasteiger partial charge on any atom is -0.493 e. The van der Waals surface area contributed by atoms with Crippen LogP contribution in [0, 0.1) is 0 Å². The second-order valence-corrected chi connectivity index (χ2v) is 14.8. The van der Waals surface area contributed by atoms with E-state index < -0.39 is 78.9 Å². The Labute approximate surface area is 254 Å². The highest BCUT2D eigenvalue weighted by molar-refractivity contribution is 8.33. The Bertz CT molecular complexity index is 1580. The zero-order valence-corrected chi connectivity index (χ0v) is 24.5. The van der Waals surface area contributed by atoms with E-state index in [2.05, 4.69) is 3.63 Å². The molecule has 0 bridgehead atoms. The average molecular weight is 759 g/mol. The van der Waals surface area contributed by atoms with E-state index in [1.54, 1.807) is 6.92 Å². The van der Waals surface area contributed by atoms with E-state index in [0.717, 1.165) is 12.1 Å². The standard InChI is InChI=1S/C24H19F17O4S2/c1-2-44-15-9-10-16(14-8-4-3-7-13(14)15)46(11-5-6-12-46)45-47(42,43)24(40,41)22(35,36)20(31,32)18(27,28)17(25,26)19(29,30)21(33,34)23(37,38)39/h3-4,7-10H,2,5-6,11-12H2,1H3. The average Bonchev–Trinajstić information content (AvgIpc) is 3.40. The van der Waals surface area contributed by atoms with E-state index in [0.29, 0.717) is 0 Å². The van der Waals surface area contributed by atoms with Crippen LogP contribution in [0.4, 0.5) is 74.6 Å². The number of alkyl halides is 17. The summed E-state index contributed by atoms with van der Waals surface area (Å²) in [5.74, 6) is -53.1. The van der Waals surface area contributed by atoms with Gasteiger partial charge in [-0.25, -0.2) is 3.63 Å². The van der Waals surface area contributed by atoms with Crippen molar-refractivity contribution >= 4 is 31.2 Å². The summed E-state index contributed by atoms with van der Waals surface area (Å²) in [6.45, 7) is 1.60. The Morgan fingerprint density at radius 2 is 1.04 bits per heavy atom. The molecule has 0 aliphatic carbocycles. The van der Waals surface area contributed by atoms with Gasteiger partial charge in [0.1, 0.15) is 5.75 Å². The molecule has 0 spiro atoms. The van der Waals surface area contributed by atoms with Gasteiger partial charge in [-0.05, 0) is 37.3 Å². The molecule has 2 aromatic carbocycles. The fraction of sp³-hybridized carbons (Fsp3) is 0.583. The van der Waals surface area contributed by atoms with E-state index in [1.807, 2.05) is 0 Å². The molecule has 270 valence electrons. The molecule has 3 rings (SSSR count). The molecule has 47 heavy (non-hydrogen) atoms. The van der Waals surface area contributed by atoms with Crippen LogP contribution >= 0.6 is 10.3 Å². The molecule has 0 unspecified atom stereocenters. The highest BCUT2D eigenvalue weighted by Crippen LogP contribution is 2.68. The Morgan fingerprint density at radius 3 is 1.49 bits per heavy atom. The molecule has 0 N–H and O–H groups in total. The zero-order valence-electron chi connectivity index (χ0n) is 22.9. The molecule has 1 aliphatic heterocycles. The molecule has 0 aromatic heterocycles. The normalized spacial score (nSPS) is 18.4. The third-order valence-corrected chi connectivity index (χ3v) is 12.7. The minimum absolute atomic E-state index is 0.00930. The van der Waals surface area contributed by atoms with Crippen molar-refractivity contribution < 1.29 is 91.4 Å². The summed E-state index contributed by atoms with van der Waals surface area (Å²) in [6.07, 6.45) is -8.08. The molecule has 1 saturated heterocycles. The van der Waals surface area contributed by atoms with Gasteiger partial charge >= 0.3 is 57.1 Å². The predicted octanol–water partition coefficient (Wildman–Crippen LogP) is 9.42. The van der Waals surface area contributed by atoms with Gasteiger partial charge in [0.15, 0.2) is 0 Å². The number of halogens is 17. The van der Waals surface area contributed by atoms with E-state index in [-0.39, 0.29) is 40.9 Å². The first kappa shape index (κ1) is 39.0. The summed E-state index contributed by atoms with van der Waals surface area (Å²) in [5, 5.41) is -7.59. The maximum atomic E-state index is 14.9. The fourth-order valence-corrected chi connectivity index (χ4v) is 10.3. The van der Waals surface area contributed by atoms with Crippen molar-refractivity contribution in [2.24, 2.45) is 0 Å². The summed E-state index contributed by atoms with van der Waals surface area (Å²) < 4.78 is 268. The van der Waals surface area contributed by atoms with Crippen LogP contribution in [0.1, 0.15) is 19.8 Å². The first-order valence-corrected chi connectivity index (χ1v) is 15.9. The number of fused-ring (bicyclic) bond motifs is 1. The summed E-state index contributed by atoms with van der Waals surface area (Å²) in [7, 11) is -11.6. The first-order chi connectivity index (χ1) is 21.0. The largest absolute Gasteiger partial charge is 0.493 e. The van der Waals surface area contributed by atoms with E-state index in [4.69, 9.17) is 4.74 Å². The van der Waals surface area contributed by atoms with Crippen molar-refractivity contribution in [1.29, 1.82) is 0 Å². The number of rotatable bonds is 12. The summed E-state index contributed by atoms with van der Waals surface area (Å²) in [6, 6.07) is 7.54. The Morgan fingerprint density at radius 1 is 0.617 bits per heavy atom. The second-order valence-electron chi connectivity index (χ2n) is 9.95. The third-order valence-electron chi connectivity index (χ3n) is 6.97. The molecular weight excluding hydrogens is 739 g/mol. The van der Waals surface area contributed by atoms with Gasteiger partial charge in [0.25, 0.3) is 0 Å². The molecule has 2 aromatic rings. The van der Waals surface area contributed by atoms with Gasteiger partial charge in [-0.1, -0.05) is 34.6 Å². The number of benzene rings is 2. The van der Waals surface area contributed by atoms with Crippen LogP contribution in [0.25, 0.3) is 10.8 Å². The van der Waals surface area contributed by atoms with Crippen molar-refractivity contribution in [1.82, 2.24) is 0 Å². The van der Waals surface area contributed by atoms with Gasteiger partial charge in [0, 0.05) is 21.8 Å². The van der Waals surface area contributed by atoms with Crippen molar-refractivity contribution in [2.75, 3.05) is 18.1 Å². The van der Waals surface area contributed by atoms with Crippen LogP contribution in [0.3, 0.4) is 0 Å². The highest BCUT2D eigenvalue weighted by Gasteiger charge is 2.96. The molecule has 4 nitrogen and oxygen atoms in total.